The summed E-state index contributed by atoms with van der Waals surface area (Å²) in [7, 11) is 0. The van der Waals surface area contributed by atoms with Crippen molar-refractivity contribution in [2.24, 2.45) is 0 Å². The molecular formula is C60H38N2S2. The van der Waals surface area contributed by atoms with Gasteiger partial charge in [0.15, 0.2) is 0 Å². The van der Waals surface area contributed by atoms with E-state index in [0.29, 0.717) is 0 Å². The highest BCUT2D eigenvalue weighted by atomic mass is 32.1. The molecule has 0 saturated carbocycles. The van der Waals surface area contributed by atoms with E-state index >= 15 is 0 Å². The number of thiophene rings is 2. The number of hydrogen-bond acceptors (Lipinski definition) is 3. The topological polar surface area (TPSA) is 8.17 Å². The highest BCUT2D eigenvalue weighted by Gasteiger charge is 2.24. The lowest BCUT2D eigenvalue weighted by Gasteiger charge is -2.27. The average molecular weight is 851 g/mol. The van der Waals surface area contributed by atoms with E-state index in [2.05, 4.69) is 240 Å². The summed E-state index contributed by atoms with van der Waals surface area (Å²) >= 11 is 3.77. The lowest BCUT2D eigenvalue weighted by molar-refractivity contribution is 1.18. The summed E-state index contributed by atoms with van der Waals surface area (Å²) < 4.78 is 7.52. The van der Waals surface area contributed by atoms with Gasteiger partial charge in [0.1, 0.15) is 0 Å². The van der Waals surface area contributed by atoms with Crippen LogP contribution in [-0.4, -0.2) is 4.57 Å². The molecule has 3 heterocycles. The lowest BCUT2D eigenvalue weighted by Crippen LogP contribution is -2.10. The van der Waals surface area contributed by atoms with E-state index in [0.717, 1.165) is 22.7 Å². The number of nitrogens with zero attached hydrogens (tertiary/aromatic N) is 2. The molecule has 0 radical (unpaired) electrons. The molecule has 10 aromatic carbocycles. The Balaban J connectivity index is 1.08. The lowest BCUT2D eigenvalue weighted by atomic mass is 9.98. The van der Waals surface area contributed by atoms with Crippen LogP contribution in [0.1, 0.15) is 0 Å². The van der Waals surface area contributed by atoms with E-state index in [1.807, 2.05) is 22.7 Å². The van der Waals surface area contributed by atoms with Crippen molar-refractivity contribution in [1.82, 2.24) is 4.57 Å². The molecule has 0 unspecified atom stereocenters. The summed E-state index contributed by atoms with van der Waals surface area (Å²) in [4.78, 5) is 2.52. The minimum Gasteiger partial charge on any atom is -0.310 e. The maximum absolute atomic E-state index is 2.52. The first-order chi connectivity index (χ1) is 31.7. The van der Waals surface area contributed by atoms with Crippen molar-refractivity contribution in [3.05, 3.63) is 231 Å². The van der Waals surface area contributed by atoms with Crippen molar-refractivity contribution in [3.8, 4) is 39.1 Å². The Morgan fingerprint density at radius 2 is 0.859 bits per heavy atom. The van der Waals surface area contributed by atoms with Gasteiger partial charge in [-0.15, -0.1) is 22.7 Å². The average Bonchev–Trinajstić information content (AvgIpc) is 4.04. The zero-order chi connectivity index (χ0) is 42.1. The van der Waals surface area contributed by atoms with Crippen LogP contribution in [0.5, 0.6) is 0 Å². The molecule has 13 rings (SSSR count). The molecule has 13 aromatic rings. The van der Waals surface area contributed by atoms with E-state index in [-0.39, 0.29) is 0 Å². The smallest absolute Gasteiger partial charge is 0.0555 e. The van der Waals surface area contributed by atoms with E-state index < -0.39 is 0 Å². The second-order valence-electron chi connectivity index (χ2n) is 16.5. The van der Waals surface area contributed by atoms with Gasteiger partial charge in [-0.25, -0.2) is 0 Å². The molecule has 2 nitrogen and oxygen atoms in total. The summed E-state index contributed by atoms with van der Waals surface area (Å²) in [6.07, 6.45) is 0. The van der Waals surface area contributed by atoms with E-state index in [1.54, 1.807) is 0 Å². The monoisotopic (exact) mass is 850 g/mol. The Bertz CT molecular complexity index is 3880. The number of benzene rings is 10. The van der Waals surface area contributed by atoms with Crippen molar-refractivity contribution in [2.45, 2.75) is 0 Å². The van der Waals surface area contributed by atoms with Crippen molar-refractivity contribution < 1.29 is 0 Å². The van der Waals surface area contributed by atoms with Crippen molar-refractivity contribution in [1.29, 1.82) is 0 Å². The zero-order valence-electron chi connectivity index (χ0n) is 34.7. The van der Waals surface area contributed by atoms with Crippen LogP contribution < -0.4 is 4.90 Å². The summed E-state index contributed by atoms with van der Waals surface area (Å²) in [5.74, 6) is 0. The number of para-hydroxylation sites is 2. The molecule has 0 N–H and O–H groups in total. The molecule has 300 valence electrons. The number of aromatic nitrogens is 1. The first kappa shape index (κ1) is 36.9. The Labute approximate surface area is 378 Å². The third kappa shape index (κ3) is 5.99. The van der Waals surface area contributed by atoms with Crippen LogP contribution in [0.3, 0.4) is 0 Å². The van der Waals surface area contributed by atoms with Gasteiger partial charge in [0, 0.05) is 68.2 Å². The predicted octanol–water partition coefficient (Wildman–Crippen LogP) is 18.0. The van der Waals surface area contributed by atoms with Crippen LogP contribution >= 0.6 is 22.7 Å². The van der Waals surface area contributed by atoms with E-state index in [1.165, 1.54) is 95.5 Å². The first-order valence-corrected chi connectivity index (χ1v) is 23.4. The largest absolute Gasteiger partial charge is 0.310 e. The van der Waals surface area contributed by atoms with Gasteiger partial charge in [-0.05, 0) is 100 Å². The summed E-state index contributed by atoms with van der Waals surface area (Å²) in [5.41, 5.74) is 14.3. The highest BCUT2D eigenvalue weighted by Crippen LogP contribution is 2.50. The molecule has 0 atom stereocenters. The molecule has 0 amide bonds. The molecule has 3 aromatic heterocycles. The molecule has 4 heteroatoms. The van der Waals surface area contributed by atoms with Crippen molar-refractivity contribution in [2.75, 3.05) is 4.90 Å². The van der Waals surface area contributed by atoms with Crippen molar-refractivity contribution in [3.63, 3.8) is 0 Å². The fourth-order valence-corrected chi connectivity index (χ4v) is 12.3. The first-order valence-electron chi connectivity index (χ1n) is 21.7. The van der Waals surface area contributed by atoms with E-state index in [9.17, 15) is 0 Å². The third-order valence-electron chi connectivity index (χ3n) is 12.8. The second-order valence-corrected chi connectivity index (χ2v) is 18.6. The van der Waals surface area contributed by atoms with Gasteiger partial charge in [0.25, 0.3) is 0 Å². The maximum atomic E-state index is 2.52. The van der Waals surface area contributed by atoms with Crippen LogP contribution in [0.25, 0.3) is 101 Å². The Morgan fingerprint density at radius 1 is 0.328 bits per heavy atom. The Hall–Kier alpha value is -7.76. The molecule has 0 aliphatic rings. The van der Waals surface area contributed by atoms with Crippen LogP contribution in [0, 0.1) is 0 Å². The molecule has 0 aliphatic carbocycles. The summed E-state index contributed by atoms with van der Waals surface area (Å²) in [6.45, 7) is 0. The Kier molecular flexibility index (Phi) is 8.61. The van der Waals surface area contributed by atoms with Crippen LogP contribution in [0.2, 0.25) is 0 Å². The van der Waals surface area contributed by atoms with Crippen LogP contribution in [0.4, 0.5) is 17.1 Å². The molecule has 0 spiro atoms. The highest BCUT2D eigenvalue weighted by molar-refractivity contribution is 7.26. The van der Waals surface area contributed by atoms with Gasteiger partial charge < -0.3 is 9.47 Å². The van der Waals surface area contributed by atoms with Gasteiger partial charge in [-0.3, -0.25) is 0 Å². The number of anilines is 3. The predicted molar refractivity (Wildman–Crippen MR) is 278 cm³/mol. The van der Waals surface area contributed by atoms with Gasteiger partial charge in [0.2, 0.25) is 0 Å². The normalized spacial score (nSPS) is 11.8. The minimum atomic E-state index is 1.12. The standard InChI is InChI=1S/C60H38N2S2/c1-5-15-39(16-6-1)42-25-29-49-50-31-27-46(38-58(50)63-56(49)35-42)61(45-28-33-54-52(37-45)48-23-13-14-24-53(48)62(54)44-21-11-4-12-22-44)55-34-32-47(41-19-9-3-10-20-41)60-59(55)51-30-26-43(36-57(51)64-60)40-17-7-2-8-18-40/h1-38H. The molecule has 64 heavy (non-hydrogen) atoms. The van der Waals surface area contributed by atoms with Gasteiger partial charge in [0.05, 0.1) is 16.7 Å². The molecule has 0 fully saturated rings. The minimum absolute atomic E-state index is 1.12. The molecular weight excluding hydrogens is 813 g/mol. The van der Waals surface area contributed by atoms with Crippen LogP contribution in [-0.2, 0) is 0 Å². The fourth-order valence-electron chi connectivity index (χ4n) is 9.80. The van der Waals surface area contributed by atoms with Crippen LogP contribution in [0.15, 0.2) is 231 Å². The second kappa shape index (κ2) is 15.0. The molecule has 0 aliphatic heterocycles. The summed E-state index contributed by atoms with van der Waals surface area (Å²) in [5, 5.41) is 7.55. The number of fused-ring (bicyclic) bond motifs is 9. The number of hydrogen-bond donors (Lipinski definition) is 0. The zero-order valence-corrected chi connectivity index (χ0v) is 36.3. The number of rotatable bonds is 7. The molecule has 0 bridgehead atoms. The van der Waals surface area contributed by atoms with Crippen molar-refractivity contribution >= 4 is 102 Å². The fraction of sp³-hybridized carbons (Fsp3) is 0. The van der Waals surface area contributed by atoms with E-state index in [4.69, 9.17) is 0 Å². The third-order valence-corrected chi connectivity index (χ3v) is 15.1. The molecule has 0 saturated heterocycles. The van der Waals surface area contributed by atoms with Gasteiger partial charge in [-0.1, -0.05) is 164 Å². The van der Waals surface area contributed by atoms with Gasteiger partial charge in [-0.2, -0.15) is 0 Å². The quantitative estimate of drug-likeness (QED) is 0.155. The Morgan fingerprint density at radius 3 is 1.56 bits per heavy atom. The summed E-state index contributed by atoms with van der Waals surface area (Å²) in [6, 6.07) is 84.6. The maximum Gasteiger partial charge on any atom is 0.0555 e. The SMILES string of the molecule is c1ccc(-c2ccc3c(c2)sc2cc(N(c4ccc5c(c4)c4ccccc4n5-c4ccccc4)c4ccc(-c5ccccc5)c5sc6cc(-c7ccccc7)ccc6c45)ccc23)cc1. The van der Waals surface area contributed by atoms with Gasteiger partial charge >= 0.3 is 0 Å².